The average Bonchev–Trinajstić information content (AvgIpc) is 2.54. The lowest BCUT2D eigenvalue weighted by atomic mass is 10.2. The number of hydrogen-bond donors (Lipinski definition) is 1. The van der Waals surface area contributed by atoms with Gasteiger partial charge in [-0.05, 0) is 29.8 Å². The zero-order chi connectivity index (χ0) is 16.8. The number of halogens is 3. The fraction of sp³-hybridized carbons (Fsp3) is 0.125. The van der Waals surface area contributed by atoms with Gasteiger partial charge in [-0.25, -0.2) is 9.18 Å². The van der Waals surface area contributed by atoms with Crippen molar-refractivity contribution in [3.05, 3.63) is 69.5 Å². The van der Waals surface area contributed by atoms with E-state index in [1.54, 1.807) is 24.3 Å². The van der Waals surface area contributed by atoms with Crippen molar-refractivity contribution in [2.45, 2.75) is 6.54 Å². The van der Waals surface area contributed by atoms with Crippen LogP contribution in [0, 0.1) is 5.82 Å². The van der Waals surface area contributed by atoms with Crippen LogP contribution in [-0.4, -0.2) is 18.5 Å². The summed E-state index contributed by atoms with van der Waals surface area (Å²) in [5.41, 5.74) is 0.408. The Hall–Kier alpha value is -2.11. The molecule has 2 rings (SSSR count). The third-order valence-electron chi connectivity index (χ3n) is 2.92. The minimum absolute atomic E-state index is 0.196. The second kappa shape index (κ2) is 7.94. The average molecular weight is 356 g/mol. The molecular formula is C16H12Cl2FNO3. The van der Waals surface area contributed by atoms with E-state index < -0.39 is 24.3 Å². The molecule has 1 N–H and O–H groups in total. The summed E-state index contributed by atoms with van der Waals surface area (Å²) in [6.07, 6.45) is 0. The lowest BCUT2D eigenvalue weighted by molar-refractivity contribution is -0.124. The minimum atomic E-state index is -0.960. The number of hydrogen-bond acceptors (Lipinski definition) is 3. The molecule has 1 amide bonds. The molecule has 0 saturated carbocycles. The number of benzene rings is 2. The van der Waals surface area contributed by atoms with Crippen LogP contribution in [-0.2, 0) is 16.1 Å². The van der Waals surface area contributed by atoms with Gasteiger partial charge in [0, 0.05) is 16.6 Å². The van der Waals surface area contributed by atoms with E-state index in [1.165, 1.54) is 6.07 Å². The summed E-state index contributed by atoms with van der Waals surface area (Å²) in [7, 11) is 0. The maximum Gasteiger partial charge on any atom is 0.341 e. The summed E-state index contributed by atoms with van der Waals surface area (Å²) < 4.78 is 18.2. The van der Waals surface area contributed by atoms with E-state index in [9.17, 15) is 14.0 Å². The largest absolute Gasteiger partial charge is 0.452 e. The Morgan fingerprint density at radius 3 is 2.61 bits per heavy atom. The predicted octanol–water partition coefficient (Wildman–Crippen LogP) is 3.61. The number of carbonyl (C=O) groups is 2. The molecule has 23 heavy (non-hydrogen) atoms. The Balaban J connectivity index is 1.86. The van der Waals surface area contributed by atoms with Crippen molar-refractivity contribution >= 4 is 35.1 Å². The lowest BCUT2D eigenvalue weighted by Crippen LogP contribution is -2.28. The van der Waals surface area contributed by atoms with Gasteiger partial charge >= 0.3 is 5.97 Å². The maximum absolute atomic E-state index is 13.5. The molecule has 2 aromatic carbocycles. The molecular weight excluding hydrogens is 344 g/mol. The number of nitrogens with one attached hydrogen (secondary N) is 1. The Morgan fingerprint density at radius 1 is 1.13 bits per heavy atom. The molecule has 4 nitrogen and oxygen atoms in total. The van der Waals surface area contributed by atoms with Crippen LogP contribution in [0.5, 0.6) is 0 Å². The highest BCUT2D eigenvalue weighted by atomic mass is 35.5. The van der Waals surface area contributed by atoms with Gasteiger partial charge in [0.15, 0.2) is 6.61 Å². The molecule has 0 fully saturated rings. The normalized spacial score (nSPS) is 10.2. The number of rotatable bonds is 5. The van der Waals surface area contributed by atoms with Crippen LogP contribution in [0.1, 0.15) is 15.9 Å². The van der Waals surface area contributed by atoms with Gasteiger partial charge in [-0.3, -0.25) is 4.79 Å². The van der Waals surface area contributed by atoms with E-state index in [0.29, 0.717) is 5.02 Å². The number of amides is 1. The summed E-state index contributed by atoms with van der Waals surface area (Å²) in [5.74, 6) is -2.26. The van der Waals surface area contributed by atoms with E-state index in [0.717, 1.165) is 17.7 Å². The standard InChI is InChI=1S/C16H12Cl2FNO3/c17-11-5-6-14(19)12(7-11)16(22)23-9-15(21)20-8-10-3-1-2-4-13(10)18/h1-7H,8-9H2,(H,20,21). The molecule has 0 atom stereocenters. The Morgan fingerprint density at radius 2 is 1.87 bits per heavy atom. The number of carbonyl (C=O) groups excluding carboxylic acids is 2. The summed E-state index contributed by atoms with van der Waals surface area (Å²) in [6, 6.07) is 10.5. The second-order valence-electron chi connectivity index (χ2n) is 4.57. The van der Waals surface area contributed by atoms with Gasteiger partial charge in [-0.1, -0.05) is 41.4 Å². The minimum Gasteiger partial charge on any atom is -0.452 e. The Bertz CT molecular complexity index is 737. The quantitative estimate of drug-likeness (QED) is 0.833. The highest BCUT2D eigenvalue weighted by Gasteiger charge is 2.15. The smallest absolute Gasteiger partial charge is 0.341 e. The Labute approximate surface area is 142 Å². The van der Waals surface area contributed by atoms with E-state index in [1.807, 2.05) is 0 Å². The first-order valence-corrected chi connectivity index (χ1v) is 7.35. The van der Waals surface area contributed by atoms with E-state index in [2.05, 4.69) is 5.32 Å². The number of esters is 1. The second-order valence-corrected chi connectivity index (χ2v) is 5.41. The van der Waals surface area contributed by atoms with Crippen LogP contribution in [0.3, 0.4) is 0 Å². The Kier molecular flexibility index (Phi) is 5.96. The molecule has 0 aliphatic heterocycles. The van der Waals surface area contributed by atoms with Crippen molar-refractivity contribution in [2.75, 3.05) is 6.61 Å². The molecule has 0 unspecified atom stereocenters. The van der Waals surface area contributed by atoms with Crippen LogP contribution in [0.2, 0.25) is 10.0 Å². The van der Waals surface area contributed by atoms with Crippen molar-refractivity contribution in [3.63, 3.8) is 0 Å². The van der Waals surface area contributed by atoms with Crippen molar-refractivity contribution in [3.8, 4) is 0 Å². The first-order chi connectivity index (χ1) is 11.0. The van der Waals surface area contributed by atoms with Crippen LogP contribution in [0.15, 0.2) is 42.5 Å². The predicted molar refractivity (Wildman–Crippen MR) is 85.0 cm³/mol. The van der Waals surface area contributed by atoms with Crippen molar-refractivity contribution in [2.24, 2.45) is 0 Å². The van der Waals surface area contributed by atoms with Gasteiger partial charge in [0.1, 0.15) is 5.82 Å². The van der Waals surface area contributed by atoms with Gasteiger partial charge in [-0.2, -0.15) is 0 Å². The van der Waals surface area contributed by atoms with Gasteiger partial charge < -0.3 is 10.1 Å². The van der Waals surface area contributed by atoms with Crippen molar-refractivity contribution < 1.29 is 18.7 Å². The van der Waals surface area contributed by atoms with Crippen LogP contribution in [0.25, 0.3) is 0 Å². The lowest BCUT2D eigenvalue weighted by Gasteiger charge is -2.08. The van der Waals surface area contributed by atoms with E-state index >= 15 is 0 Å². The monoisotopic (exact) mass is 355 g/mol. The van der Waals surface area contributed by atoms with E-state index in [4.69, 9.17) is 27.9 Å². The fourth-order valence-corrected chi connectivity index (χ4v) is 2.12. The molecule has 2 aromatic rings. The maximum atomic E-state index is 13.5. The first kappa shape index (κ1) is 17.2. The summed E-state index contributed by atoms with van der Waals surface area (Å²) in [4.78, 5) is 23.4. The molecule has 0 radical (unpaired) electrons. The highest BCUT2D eigenvalue weighted by Crippen LogP contribution is 2.16. The summed E-state index contributed by atoms with van der Waals surface area (Å²) in [6.45, 7) is -0.336. The number of ether oxygens (including phenoxy) is 1. The molecule has 0 heterocycles. The third-order valence-corrected chi connectivity index (χ3v) is 3.52. The molecule has 0 aliphatic rings. The zero-order valence-corrected chi connectivity index (χ0v) is 13.3. The highest BCUT2D eigenvalue weighted by molar-refractivity contribution is 6.31. The summed E-state index contributed by atoms with van der Waals surface area (Å²) in [5, 5.41) is 3.27. The molecule has 0 aromatic heterocycles. The van der Waals surface area contributed by atoms with E-state index in [-0.39, 0.29) is 17.1 Å². The fourth-order valence-electron chi connectivity index (χ4n) is 1.75. The van der Waals surface area contributed by atoms with Crippen molar-refractivity contribution in [1.82, 2.24) is 5.32 Å². The summed E-state index contributed by atoms with van der Waals surface area (Å²) >= 11 is 11.6. The molecule has 0 bridgehead atoms. The van der Waals surface area contributed by atoms with Gasteiger partial charge in [0.2, 0.25) is 0 Å². The zero-order valence-electron chi connectivity index (χ0n) is 11.8. The SMILES string of the molecule is O=C(COC(=O)c1cc(Cl)ccc1F)NCc1ccccc1Cl. The third kappa shape index (κ3) is 4.94. The van der Waals surface area contributed by atoms with Crippen LogP contribution >= 0.6 is 23.2 Å². The van der Waals surface area contributed by atoms with Gasteiger partial charge in [0.25, 0.3) is 5.91 Å². The topological polar surface area (TPSA) is 55.4 Å². The molecule has 7 heteroatoms. The van der Waals surface area contributed by atoms with Crippen molar-refractivity contribution in [1.29, 1.82) is 0 Å². The van der Waals surface area contributed by atoms with Gasteiger partial charge in [-0.15, -0.1) is 0 Å². The van der Waals surface area contributed by atoms with Crippen LogP contribution in [0.4, 0.5) is 4.39 Å². The first-order valence-electron chi connectivity index (χ1n) is 6.59. The molecule has 0 aliphatic carbocycles. The van der Waals surface area contributed by atoms with Crippen LogP contribution < -0.4 is 5.32 Å². The van der Waals surface area contributed by atoms with Gasteiger partial charge in [0.05, 0.1) is 5.56 Å². The molecule has 120 valence electrons. The molecule has 0 spiro atoms. The molecule has 0 saturated heterocycles.